The van der Waals surface area contributed by atoms with Crippen molar-refractivity contribution in [3.05, 3.63) is 42.5 Å². The lowest BCUT2D eigenvalue weighted by Crippen LogP contribution is -2.26. The number of ether oxygens (including phenoxy) is 3. The van der Waals surface area contributed by atoms with Gasteiger partial charge < -0.3 is 14.2 Å². The Hall–Kier alpha value is -1.98. The first-order valence-electron chi connectivity index (χ1n) is 15.1. The lowest BCUT2D eigenvalue weighted by atomic mass is 10.1. The molecule has 1 aromatic carbocycles. The number of benzene rings is 1. The fourth-order valence-corrected chi connectivity index (χ4v) is 4.84. The minimum atomic E-state index is 0.0131. The van der Waals surface area contributed by atoms with E-state index in [0.29, 0.717) is 0 Å². The van der Waals surface area contributed by atoms with Gasteiger partial charge in [0.15, 0.2) is 6.29 Å². The second-order valence-electron chi connectivity index (χ2n) is 10.6. The second-order valence-corrected chi connectivity index (χ2v) is 10.6. The zero-order chi connectivity index (χ0) is 26.0. The fraction of sp³-hybridized carbons (Fsp3) is 0.688. The van der Waals surface area contributed by atoms with Crippen LogP contribution in [0.2, 0.25) is 0 Å². The van der Waals surface area contributed by atoms with Crippen molar-refractivity contribution in [2.24, 2.45) is 0 Å². The van der Waals surface area contributed by atoms with Crippen molar-refractivity contribution >= 4 is 0 Å². The van der Waals surface area contributed by atoms with Gasteiger partial charge in [0, 0.05) is 31.0 Å². The maximum absolute atomic E-state index is 6.01. The topological polar surface area (TPSA) is 53.5 Å². The van der Waals surface area contributed by atoms with Gasteiger partial charge in [-0.3, -0.25) is 0 Å². The van der Waals surface area contributed by atoms with Crippen molar-refractivity contribution in [3.63, 3.8) is 0 Å². The van der Waals surface area contributed by atoms with Crippen LogP contribution in [0, 0.1) is 0 Å². The monoisotopic (exact) mass is 510 g/mol. The first kappa shape index (κ1) is 29.6. The molecule has 3 rings (SSSR count). The quantitative estimate of drug-likeness (QED) is 0.177. The molecule has 0 spiro atoms. The summed E-state index contributed by atoms with van der Waals surface area (Å²) in [6.07, 6.45) is 23.6. The van der Waals surface area contributed by atoms with E-state index in [9.17, 15) is 0 Å². The van der Waals surface area contributed by atoms with Gasteiger partial charge >= 0.3 is 0 Å². The predicted molar refractivity (Wildman–Crippen MR) is 152 cm³/mol. The third kappa shape index (κ3) is 12.4. The molecule has 0 radical (unpaired) electrons. The zero-order valence-corrected chi connectivity index (χ0v) is 23.5. The predicted octanol–water partition coefficient (Wildman–Crippen LogP) is 8.70. The summed E-state index contributed by atoms with van der Waals surface area (Å²) in [4.78, 5) is 9.21. The summed E-state index contributed by atoms with van der Waals surface area (Å²) in [7, 11) is 0. The number of rotatable bonds is 19. The smallest absolute Gasteiger partial charge is 0.157 e. The Morgan fingerprint density at radius 2 is 1.54 bits per heavy atom. The van der Waals surface area contributed by atoms with E-state index in [4.69, 9.17) is 14.2 Å². The molecule has 5 heteroatoms. The minimum Gasteiger partial charge on any atom is -0.494 e. The Labute approximate surface area is 225 Å². The van der Waals surface area contributed by atoms with Gasteiger partial charge in [-0.15, -0.1) is 0 Å². The molecule has 1 aromatic heterocycles. The van der Waals surface area contributed by atoms with Crippen LogP contribution in [0.25, 0.3) is 11.1 Å². The van der Waals surface area contributed by atoms with Crippen molar-refractivity contribution < 1.29 is 14.2 Å². The molecule has 206 valence electrons. The number of hydrogen-bond acceptors (Lipinski definition) is 5. The van der Waals surface area contributed by atoms with E-state index in [1.54, 1.807) is 0 Å². The normalized spacial score (nSPS) is 16.5. The van der Waals surface area contributed by atoms with Crippen molar-refractivity contribution in [3.8, 4) is 16.9 Å². The van der Waals surface area contributed by atoms with Gasteiger partial charge in [-0.2, -0.15) is 0 Å². The minimum absolute atomic E-state index is 0.0131. The molecular weight excluding hydrogens is 460 g/mol. The van der Waals surface area contributed by atoms with Crippen LogP contribution in [0.1, 0.15) is 116 Å². The molecule has 0 bridgehead atoms. The Balaban J connectivity index is 1.25. The van der Waals surface area contributed by atoms with Crippen LogP contribution in [-0.2, 0) is 15.9 Å². The lowest BCUT2D eigenvalue weighted by Gasteiger charge is -2.26. The Bertz CT molecular complexity index is 819. The SMILES string of the molecule is CCCCCCCCCCOc1ccc(-c2cnc(CCCCCC(C)OC3CCCCO3)nc2)cc1. The van der Waals surface area contributed by atoms with E-state index in [0.717, 1.165) is 74.4 Å². The molecule has 0 N–H and O–H groups in total. The Morgan fingerprint density at radius 1 is 0.838 bits per heavy atom. The Morgan fingerprint density at radius 3 is 2.24 bits per heavy atom. The number of nitrogens with zero attached hydrogens (tertiary/aromatic N) is 2. The summed E-state index contributed by atoms with van der Waals surface area (Å²) >= 11 is 0. The highest BCUT2D eigenvalue weighted by molar-refractivity contribution is 5.62. The van der Waals surface area contributed by atoms with Crippen LogP contribution >= 0.6 is 0 Å². The summed E-state index contributed by atoms with van der Waals surface area (Å²) < 4.78 is 17.6. The van der Waals surface area contributed by atoms with Gasteiger partial charge in [0.25, 0.3) is 0 Å². The number of unbranched alkanes of at least 4 members (excludes halogenated alkanes) is 9. The summed E-state index contributed by atoms with van der Waals surface area (Å²) in [5, 5.41) is 0. The van der Waals surface area contributed by atoms with Gasteiger partial charge in [-0.05, 0) is 63.1 Å². The van der Waals surface area contributed by atoms with E-state index in [1.807, 2.05) is 12.4 Å². The summed E-state index contributed by atoms with van der Waals surface area (Å²) in [5.41, 5.74) is 2.18. The van der Waals surface area contributed by atoms with Crippen LogP contribution < -0.4 is 4.74 Å². The van der Waals surface area contributed by atoms with Gasteiger partial charge in [-0.1, -0.05) is 76.8 Å². The molecule has 1 fully saturated rings. The number of aryl methyl sites for hydroxylation is 1. The molecule has 1 aliphatic heterocycles. The largest absolute Gasteiger partial charge is 0.494 e. The average molecular weight is 511 g/mol. The molecule has 2 aromatic rings. The van der Waals surface area contributed by atoms with Crippen LogP contribution in [0.15, 0.2) is 36.7 Å². The maximum atomic E-state index is 6.01. The molecule has 37 heavy (non-hydrogen) atoms. The molecular formula is C32H50N2O3. The molecule has 5 nitrogen and oxygen atoms in total. The number of aromatic nitrogens is 2. The maximum Gasteiger partial charge on any atom is 0.157 e. The standard InChI is InChI=1S/C32H50N2O3/c1-3-4-5-6-7-8-9-14-23-35-30-21-19-28(20-22-30)29-25-33-31(34-26-29)17-12-10-11-16-27(2)37-32-18-13-15-24-36-32/h19-22,25-27,32H,3-18,23-24H2,1-2H3. The fourth-order valence-electron chi connectivity index (χ4n) is 4.84. The van der Waals surface area contributed by atoms with E-state index < -0.39 is 0 Å². The van der Waals surface area contributed by atoms with Crippen LogP contribution in [0.3, 0.4) is 0 Å². The Kier molecular flexibility index (Phi) is 14.6. The highest BCUT2D eigenvalue weighted by atomic mass is 16.7. The van der Waals surface area contributed by atoms with Gasteiger partial charge in [0.05, 0.1) is 12.7 Å². The van der Waals surface area contributed by atoms with E-state index in [-0.39, 0.29) is 12.4 Å². The first-order valence-corrected chi connectivity index (χ1v) is 15.1. The second kappa shape index (κ2) is 18.3. The third-order valence-electron chi connectivity index (χ3n) is 7.19. The summed E-state index contributed by atoms with van der Waals surface area (Å²) in [5.74, 6) is 1.86. The molecule has 0 aliphatic carbocycles. The van der Waals surface area contributed by atoms with Gasteiger partial charge in [0.1, 0.15) is 11.6 Å². The highest BCUT2D eigenvalue weighted by Crippen LogP contribution is 2.22. The molecule has 0 amide bonds. The van der Waals surface area contributed by atoms with Crippen molar-refractivity contribution in [1.29, 1.82) is 0 Å². The van der Waals surface area contributed by atoms with Gasteiger partial charge in [-0.25, -0.2) is 9.97 Å². The van der Waals surface area contributed by atoms with Crippen LogP contribution in [-0.4, -0.2) is 35.6 Å². The van der Waals surface area contributed by atoms with Crippen molar-refractivity contribution in [1.82, 2.24) is 9.97 Å². The number of hydrogen-bond donors (Lipinski definition) is 0. The van der Waals surface area contributed by atoms with E-state index >= 15 is 0 Å². The van der Waals surface area contributed by atoms with E-state index in [1.165, 1.54) is 64.2 Å². The van der Waals surface area contributed by atoms with Gasteiger partial charge in [0.2, 0.25) is 0 Å². The molecule has 2 heterocycles. The van der Waals surface area contributed by atoms with Crippen molar-refractivity contribution in [2.45, 2.75) is 129 Å². The third-order valence-corrected chi connectivity index (χ3v) is 7.19. The summed E-state index contributed by atoms with van der Waals surface area (Å²) in [6, 6.07) is 8.31. The van der Waals surface area contributed by atoms with E-state index in [2.05, 4.69) is 48.1 Å². The average Bonchev–Trinajstić information content (AvgIpc) is 2.93. The van der Waals surface area contributed by atoms with Crippen LogP contribution in [0.4, 0.5) is 0 Å². The zero-order valence-electron chi connectivity index (χ0n) is 23.5. The first-order chi connectivity index (χ1) is 18.2. The highest BCUT2D eigenvalue weighted by Gasteiger charge is 2.16. The summed E-state index contributed by atoms with van der Waals surface area (Å²) in [6.45, 7) is 6.07. The van der Waals surface area contributed by atoms with Crippen molar-refractivity contribution in [2.75, 3.05) is 13.2 Å². The molecule has 1 saturated heterocycles. The molecule has 1 aliphatic rings. The molecule has 2 unspecified atom stereocenters. The van der Waals surface area contributed by atoms with Crippen LogP contribution in [0.5, 0.6) is 5.75 Å². The lowest BCUT2D eigenvalue weighted by molar-refractivity contribution is -0.185. The molecule has 0 saturated carbocycles. The molecule has 2 atom stereocenters.